The molecule has 0 fully saturated rings. The zero-order valence-corrected chi connectivity index (χ0v) is 56.1. The predicted molar refractivity (Wildman–Crippen MR) is 346 cm³/mol. The van der Waals surface area contributed by atoms with Gasteiger partial charge in [0.1, 0.15) is 19.3 Å². The Morgan fingerprint density at radius 1 is 0.427 bits per heavy atom. The molecule has 2 aromatic rings. The van der Waals surface area contributed by atoms with E-state index in [1.807, 2.05) is 27.7 Å². The Kier molecular flexibility index (Phi) is 44.1. The van der Waals surface area contributed by atoms with Crippen molar-refractivity contribution in [2.45, 2.75) is 142 Å². The number of amides is 8. The maximum Gasteiger partial charge on any atom is 0.450 e. The molecule has 0 spiro atoms. The van der Waals surface area contributed by atoms with Crippen LogP contribution in [0, 0.1) is 23.7 Å². The van der Waals surface area contributed by atoms with Crippen LogP contribution in [0.4, 0.5) is 19.2 Å². The van der Waals surface area contributed by atoms with E-state index >= 15 is 0 Å². The Bertz CT molecular complexity index is 2700. The molecule has 0 saturated carbocycles. The average molecular weight is 1360 g/mol. The van der Waals surface area contributed by atoms with Crippen LogP contribution in [0.3, 0.4) is 0 Å². The Labute approximate surface area is 560 Å². The Morgan fingerprint density at radius 2 is 0.844 bits per heavy atom. The minimum Gasteiger partial charge on any atom is -0.480 e. The van der Waals surface area contributed by atoms with Gasteiger partial charge in [0.15, 0.2) is 23.1 Å². The minimum atomic E-state index is -1.44. The summed E-state index contributed by atoms with van der Waals surface area (Å²) in [5.74, 6) is -6.95. The van der Waals surface area contributed by atoms with E-state index in [2.05, 4.69) is 52.3 Å². The summed E-state index contributed by atoms with van der Waals surface area (Å²) in [4.78, 5) is 176. The van der Waals surface area contributed by atoms with Crippen LogP contribution in [0.15, 0.2) is 60.7 Å². The van der Waals surface area contributed by atoms with Gasteiger partial charge in [0.05, 0.1) is 51.6 Å². The van der Waals surface area contributed by atoms with Crippen LogP contribution < -0.4 is 42.5 Å². The lowest BCUT2D eigenvalue weighted by atomic mass is 9.91. The Balaban J connectivity index is 1.77. The summed E-state index contributed by atoms with van der Waals surface area (Å²) in [7, 11) is 3.13. The van der Waals surface area contributed by atoms with Gasteiger partial charge in [0.25, 0.3) is 0 Å². The van der Waals surface area contributed by atoms with E-state index in [1.54, 1.807) is 74.9 Å². The van der Waals surface area contributed by atoms with E-state index in [4.69, 9.17) is 28.4 Å². The highest BCUT2D eigenvalue weighted by Crippen LogP contribution is 2.19. The molecule has 30 nitrogen and oxygen atoms in total. The lowest BCUT2D eigenvalue weighted by molar-refractivity contribution is -0.178. The second kappa shape index (κ2) is 50.8. The van der Waals surface area contributed by atoms with Crippen LogP contribution in [0.25, 0.3) is 0 Å². The first-order valence-corrected chi connectivity index (χ1v) is 32.4. The first-order valence-electron chi connectivity index (χ1n) is 32.4. The number of rotatable bonds is 52. The molecule has 2 rings (SSSR count). The van der Waals surface area contributed by atoms with E-state index in [1.165, 1.54) is 0 Å². The lowest BCUT2D eigenvalue weighted by Crippen LogP contribution is -2.46. The average Bonchev–Trinajstić information content (AvgIpc) is 1.26. The van der Waals surface area contributed by atoms with E-state index in [0.717, 1.165) is 11.1 Å². The number of hydrogen-bond donors (Lipinski definition) is 9. The van der Waals surface area contributed by atoms with Gasteiger partial charge in [-0.05, 0) is 80.8 Å². The maximum atomic E-state index is 13.8. The smallest absolute Gasteiger partial charge is 0.450 e. The van der Waals surface area contributed by atoms with E-state index in [-0.39, 0.29) is 125 Å². The normalized spacial score (nSPS) is 12.5. The Morgan fingerprint density at radius 3 is 1.27 bits per heavy atom. The van der Waals surface area contributed by atoms with Crippen molar-refractivity contribution in [3.63, 3.8) is 0 Å². The van der Waals surface area contributed by atoms with Crippen molar-refractivity contribution in [3.05, 3.63) is 71.8 Å². The number of carbonyl (C=O) groups is 13. The largest absolute Gasteiger partial charge is 0.480 e. The van der Waals surface area contributed by atoms with Crippen molar-refractivity contribution in [1.82, 2.24) is 42.5 Å². The predicted octanol–water partition coefficient (Wildman–Crippen LogP) is 4.16. The van der Waals surface area contributed by atoms with Gasteiger partial charge in [-0.2, -0.15) is 0 Å². The van der Waals surface area contributed by atoms with Gasteiger partial charge in [-0.1, -0.05) is 88.4 Å². The molecule has 0 radical (unpaired) electrons. The van der Waals surface area contributed by atoms with Gasteiger partial charge in [0.2, 0.25) is 23.6 Å². The highest BCUT2D eigenvalue weighted by atomic mass is 17.2. The van der Waals surface area contributed by atoms with Crippen molar-refractivity contribution in [3.8, 4) is 0 Å². The molecule has 9 N–H and O–H groups in total. The summed E-state index contributed by atoms with van der Waals surface area (Å²) in [5, 5.41) is 29.7. The quantitative estimate of drug-likeness (QED) is 0.0255. The molecule has 0 saturated heterocycles. The van der Waals surface area contributed by atoms with Gasteiger partial charge in [-0.25, -0.2) is 33.7 Å². The number of nitrogens with one attached hydrogen (secondary N) is 8. The first kappa shape index (κ1) is 83.5. The third-order valence-corrected chi connectivity index (χ3v) is 14.2. The molecule has 536 valence electrons. The SMILES string of the molecule is COCCOCCCNC(=O)CCC(=O)C(CC(C)C)NC(=O)C(CC(=O)CNC(=O)OCCOC(=O)NC(CCCCNC(=O)OOC(=O)NCC(=O)CC(Cc1ccccc1)C(=O)NC(CC(C)C)C(=O)CCC(=O)NCCCOCCOC)C(=O)O)Cc1ccccc1. The summed E-state index contributed by atoms with van der Waals surface area (Å²) >= 11 is 0. The fourth-order valence-corrected chi connectivity index (χ4v) is 9.26. The third kappa shape index (κ3) is 41.3. The highest BCUT2D eigenvalue weighted by molar-refractivity contribution is 5.95. The first-order chi connectivity index (χ1) is 46.0. The highest BCUT2D eigenvalue weighted by Gasteiger charge is 2.31. The zero-order valence-electron chi connectivity index (χ0n) is 56.1. The number of carboxylic acid groups (broad SMARTS) is 1. The lowest BCUT2D eigenvalue weighted by Gasteiger charge is -2.23. The van der Waals surface area contributed by atoms with Crippen molar-refractivity contribution >= 4 is 77.1 Å². The van der Waals surface area contributed by atoms with E-state index in [9.17, 15) is 67.4 Å². The van der Waals surface area contributed by atoms with Crippen molar-refractivity contribution in [1.29, 1.82) is 0 Å². The van der Waals surface area contributed by atoms with Crippen LogP contribution in [0.5, 0.6) is 0 Å². The van der Waals surface area contributed by atoms with Crippen LogP contribution in [-0.4, -0.2) is 200 Å². The molecule has 96 heavy (non-hydrogen) atoms. The molecule has 2 aromatic carbocycles. The summed E-state index contributed by atoms with van der Waals surface area (Å²) < 4.78 is 30.6. The number of alkyl carbamates (subject to hydrolysis) is 2. The summed E-state index contributed by atoms with van der Waals surface area (Å²) in [6.07, 6.45) is -3.70. The van der Waals surface area contributed by atoms with Crippen LogP contribution in [0.1, 0.15) is 122 Å². The molecule has 0 heterocycles. The number of carboxylic acids is 1. The molecular weight excluding hydrogens is 1260 g/mol. The molecular formula is C66H100N8O22. The minimum absolute atomic E-state index is 0.00665. The van der Waals surface area contributed by atoms with Crippen molar-refractivity contribution < 1.29 is 106 Å². The number of hydrogen-bond acceptors (Lipinski definition) is 21. The molecule has 30 heteroatoms. The zero-order chi connectivity index (χ0) is 70.9. The monoisotopic (exact) mass is 1360 g/mol. The number of ketones is 4. The molecule has 8 amide bonds. The molecule has 5 atom stereocenters. The van der Waals surface area contributed by atoms with Crippen LogP contribution in [-0.2, 0) is 94.2 Å². The fourth-order valence-electron chi connectivity index (χ4n) is 9.26. The second-order valence-corrected chi connectivity index (χ2v) is 23.4. The van der Waals surface area contributed by atoms with Gasteiger partial charge in [-0.3, -0.25) is 38.4 Å². The molecule has 0 aliphatic heterocycles. The number of benzene rings is 2. The van der Waals surface area contributed by atoms with Gasteiger partial charge >= 0.3 is 30.3 Å². The van der Waals surface area contributed by atoms with E-state index < -0.39 is 110 Å². The number of ether oxygens (including phenoxy) is 6. The van der Waals surface area contributed by atoms with Gasteiger partial charge < -0.3 is 76.1 Å². The van der Waals surface area contributed by atoms with Gasteiger partial charge in [-0.15, -0.1) is 0 Å². The third-order valence-electron chi connectivity index (χ3n) is 14.2. The van der Waals surface area contributed by atoms with Crippen LogP contribution >= 0.6 is 0 Å². The van der Waals surface area contributed by atoms with Crippen molar-refractivity contribution in [2.75, 3.05) is 99.8 Å². The number of Topliss-reactive ketones (excluding diaryl/α,β-unsaturated/α-hetero) is 4. The molecule has 0 aliphatic carbocycles. The van der Waals surface area contributed by atoms with E-state index in [0.29, 0.717) is 65.6 Å². The second-order valence-electron chi connectivity index (χ2n) is 23.4. The summed E-state index contributed by atoms with van der Waals surface area (Å²) in [5.41, 5.74) is 1.47. The van der Waals surface area contributed by atoms with Crippen molar-refractivity contribution in [2.24, 2.45) is 23.7 Å². The maximum absolute atomic E-state index is 13.8. The fraction of sp³-hybridized carbons (Fsp3) is 0.621. The standard InChI is InChI=1S/C66H100N8O22/c1-45(2)37-54(56(77)22-24-58(79)67-27-15-29-91-33-31-89-5)72-60(81)49(39-47-17-9-7-10-18-47)41-51(75)43-70-63(85)93-35-36-94-66(88)74-53(62(83)84)21-13-14-26-69-64(86)95-96-65(87)71-44-52(76)42-50(40-48-19-11-8-12-20-48)61(82)73-55(38-46(3)4)57(78)23-25-59(80)68-28-16-30-92-34-32-90-6/h7-12,17-20,45-46,49-50,53-55H,13-16,21-44H2,1-6H3,(H,67,79)(H,68,80)(H,69,86)(H,70,85)(H,71,87)(H,72,81)(H,73,82)(H,74,88)(H,83,84). The molecule has 5 unspecified atom stereocenters. The summed E-state index contributed by atoms with van der Waals surface area (Å²) in [6.45, 7) is 8.62. The topological polar surface area (TPSA) is 412 Å². The number of methoxy groups -OCH3 is 2. The van der Waals surface area contributed by atoms with Crippen LogP contribution in [0.2, 0.25) is 0 Å². The summed E-state index contributed by atoms with van der Waals surface area (Å²) in [6, 6.07) is 14.5. The molecule has 0 aliphatic rings. The molecule has 0 aromatic heterocycles. The Hall–Kier alpha value is -8.61. The number of unbranched alkanes of at least 4 members (excludes halogenated alkanes) is 1. The number of aliphatic carboxylic acids is 1. The molecule has 0 bridgehead atoms. The van der Waals surface area contributed by atoms with Gasteiger partial charge in [0, 0.05) is 97.4 Å². The number of carbonyl (C=O) groups excluding carboxylic acids is 12.